The van der Waals surface area contributed by atoms with Crippen LogP contribution in [0, 0.1) is 30.6 Å². The summed E-state index contributed by atoms with van der Waals surface area (Å²) in [6, 6.07) is 18.0. The SMILES string of the molecule is CC(=O)c1ccc(Oc2ccc(C(=O)Nc3cc(C(c4ccc(O)c(NCc5cc(C)cc(CNc6cc(C(c7ccc(O)c(NC(=O)C8C9C=CC(C9)C8C(=O)O)c7)(C(F)(F)F)C(F)(F)F)ccc6O)c5O)c4)(C(F)(F)F)C(F)(F)F)ccc3O)cc2)cc1. The zero-order chi connectivity index (χ0) is 65.8. The number of nitrogens with one attached hydrogen (secondary N) is 4. The number of phenolic OH excluding ortho intramolecular Hbond substituents is 5. The van der Waals surface area contributed by atoms with E-state index in [1.54, 1.807) is 12.2 Å². The Hall–Kier alpha value is -10.1. The number of carbonyl (C=O) groups excluding carboxylic acids is 3. The second-order valence-electron chi connectivity index (χ2n) is 21.5. The van der Waals surface area contributed by atoms with Crippen molar-refractivity contribution in [2.75, 3.05) is 21.3 Å². The first-order valence-corrected chi connectivity index (χ1v) is 26.9. The number of carboxylic acids is 1. The predicted molar refractivity (Wildman–Crippen MR) is 301 cm³/mol. The van der Waals surface area contributed by atoms with E-state index in [1.807, 2.05) is 0 Å². The average molecular weight is 1270 g/mol. The number of halogens is 12. The summed E-state index contributed by atoms with van der Waals surface area (Å²) in [4.78, 5) is 50.5. The number of hydrogen-bond donors (Lipinski definition) is 10. The lowest BCUT2D eigenvalue weighted by Crippen LogP contribution is -2.54. The Balaban J connectivity index is 0.965. The van der Waals surface area contributed by atoms with Crippen molar-refractivity contribution in [1.82, 2.24) is 0 Å². The molecule has 9 rings (SSSR count). The number of aliphatic carboxylic acids is 1. The van der Waals surface area contributed by atoms with Gasteiger partial charge in [0, 0.05) is 35.3 Å². The van der Waals surface area contributed by atoms with Gasteiger partial charge in [-0.15, -0.1) is 0 Å². The molecule has 1 saturated carbocycles. The van der Waals surface area contributed by atoms with E-state index < -0.39 is 164 Å². The summed E-state index contributed by atoms with van der Waals surface area (Å²) in [6.07, 6.45) is -21.7. The fourth-order valence-corrected chi connectivity index (χ4v) is 11.6. The average Bonchev–Trinajstić information content (AvgIpc) is 1.04. The minimum atomic E-state index is -6.27. The number of aryl methyl sites for hydroxylation is 1. The van der Waals surface area contributed by atoms with E-state index in [-0.39, 0.29) is 52.3 Å². The minimum Gasteiger partial charge on any atom is -0.507 e. The summed E-state index contributed by atoms with van der Waals surface area (Å²) >= 11 is 0. The summed E-state index contributed by atoms with van der Waals surface area (Å²) in [5.41, 5.74) is -19.4. The molecule has 2 bridgehead atoms. The van der Waals surface area contributed by atoms with E-state index >= 15 is 52.7 Å². The Bertz CT molecular complexity index is 3950. The van der Waals surface area contributed by atoms with Crippen LogP contribution in [-0.2, 0) is 33.5 Å². The van der Waals surface area contributed by atoms with Gasteiger partial charge in [-0.1, -0.05) is 54.1 Å². The van der Waals surface area contributed by atoms with Gasteiger partial charge in [0.2, 0.25) is 16.7 Å². The highest BCUT2D eigenvalue weighted by Gasteiger charge is 2.74. The number of Topliss-reactive ketones (excluding diaryl/α,β-unsaturated/α-hetero) is 1. The summed E-state index contributed by atoms with van der Waals surface area (Å²) < 4.78 is 192. The molecule has 10 N–H and O–H groups in total. The molecule has 4 unspecified atom stereocenters. The molecule has 0 spiro atoms. The third kappa shape index (κ3) is 11.9. The van der Waals surface area contributed by atoms with E-state index in [0.717, 1.165) is 0 Å². The van der Waals surface area contributed by atoms with Gasteiger partial charge in [-0.25, -0.2) is 0 Å². The van der Waals surface area contributed by atoms with Crippen molar-refractivity contribution in [3.8, 4) is 40.2 Å². The fourth-order valence-electron chi connectivity index (χ4n) is 11.6. The maximum atomic E-state index is 15.5. The number of carboxylic acid groups (broad SMARTS) is 1. The van der Waals surface area contributed by atoms with Crippen LogP contribution >= 0.6 is 0 Å². The number of ketones is 1. The van der Waals surface area contributed by atoms with Gasteiger partial charge in [-0.2, -0.15) is 52.7 Å². The molecule has 1 fully saturated rings. The molecule has 0 radical (unpaired) electrons. The summed E-state index contributed by atoms with van der Waals surface area (Å²) in [5, 5.41) is 73.5. The summed E-state index contributed by atoms with van der Waals surface area (Å²) in [7, 11) is 0. The number of fused-ring (bicyclic) bond motifs is 2. The van der Waals surface area contributed by atoms with Crippen molar-refractivity contribution in [3.05, 3.63) is 196 Å². The van der Waals surface area contributed by atoms with Crippen molar-refractivity contribution >= 4 is 46.3 Å². The molecule has 2 aliphatic rings. The lowest BCUT2D eigenvalue weighted by Gasteiger charge is -2.38. The van der Waals surface area contributed by atoms with Gasteiger partial charge in [0.25, 0.3) is 5.91 Å². The highest BCUT2D eigenvalue weighted by molar-refractivity contribution is 6.05. The largest absolute Gasteiger partial charge is 0.507 e. The van der Waals surface area contributed by atoms with Crippen LogP contribution in [0.15, 0.2) is 146 Å². The molecule has 0 heterocycles. The highest BCUT2D eigenvalue weighted by Crippen LogP contribution is 2.60. The number of amides is 2. The van der Waals surface area contributed by atoms with E-state index in [2.05, 4.69) is 21.3 Å². The van der Waals surface area contributed by atoms with Crippen LogP contribution in [0.4, 0.5) is 75.4 Å². The van der Waals surface area contributed by atoms with Crippen LogP contribution in [0.25, 0.3) is 0 Å². The molecule has 4 atom stereocenters. The normalized spacial score (nSPS) is 16.8. The van der Waals surface area contributed by atoms with E-state index in [1.165, 1.54) is 74.5 Å². The maximum absolute atomic E-state index is 15.5. The number of carbonyl (C=O) groups is 4. The monoisotopic (exact) mass is 1270 g/mol. The van der Waals surface area contributed by atoms with Crippen molar-refractivity contribution < 1.29 is 107 Å². The number of aromatic hydroxyl groups is 5. The number of alkyl halides is 12. The zero-order valence-electron chi connectivity index (χ0n) is 46.5. The standard InChI is InChI=1S/C63H50F12N4O11/c1-30-21-36(54(85)37(22-30)29-77-45-25-39(10-18-49(45)82)59(62(70,71)72,63(73,74)75)41-12-20-51(84)47(27-41)79-56(87)52-34-3-4-35(23-34)53(52)57(88)89)28-76-44-24-38(9-17-48(44)81)58(60(64,65)66,61(67,68)69)40-11-19-50(83)46(26-40)78-55(86)33-7-15-43(16-8-33)90-42-13-5-32(6-14-42)31(2)80/h3-22,24-27,34-35,52-53,76-77,81-85H,23,28-29H2,1-2H3,(H,78,86)(H,79,87)(H,88,89). The molecule has 0 aromatic heterocycles. The first kappa shape index (κ1) is 64.4. The molecular formula is C63H50F12N4O11. The van der Waals surface area contributed by atoms with Crippen LogP contribution in [0.3, 0.4) is 0 Å². The molecule has 0 saturated heterocycles. The van der Waals surface area contributed by atoms with E-state index in [9.17, 15) is 49.8 Å². The molecule has 2 aliphatic carbocycles. The molecule has 90 heavy (non-hydrogen) atoms. The summed E-state index contributed by atoms with van der Waals surface area (Å²) in [6.45, 7) is 1.39. The first-order chi connectivity index (χ1) is 42.1. The minimum absolute atomic E-state index is 0.183. The number of anilines is 4. The lowest BCUT2D eigenvalue weighted by molar-refractivity contribution is -0.290. The van der Waals surface area contributed by atoms with Gasteiger partial charge in [0.15, 0.2) is 5.78 Å². The van der Waals surface area contributed by atoms with Crippen LogP contribution in [0.1, 0.15) is 73.0 Å². The van der Waals surface area contributed by atoms with Crippen LogP contribution < -0.4 is 26.0 Å². The molecule has 2 amide bonds. The van der Waals surface area contributed by atoms with Gasteiger partial charge in [-0.05, 0) is 151 Å². The molecule has 472 valence electrons. The Kier molecular flexibility index (Phi) is 17.0. The second kappa shape index (κ2) is 23.8. The Morgan fingerprint density at radius 1 is 0.478 bits per heavy atom. The van der Waals surface area contributed by atoms with Crippen LogP contribution in [-0.4, -0.2) is 78.9 Å². The summed E-state index contributed by atoms with van der Waals surface area (Å²) in [5.74, 6) is -11.5. The van der Waals surface area contributed by atoms with Crippen molar-refractivity contribution in [3.63, 3.8) is 0 Å². The van der Waals surface area contributed by atoms with Gasteiger partial charge < -0.3 is 56.6 Å². The number of ether oxygens (including phenoxy) is 1. The van der Waals surface area contributed by atoms with Gasteiger partial charge in [-0.3, -0.25) is 19.2 Å². The number of rotatable bonds is 18. The quantitative estimate of drug-likeness (QED) is 0.0166. The second-order valence-corrected chi connectivity index (χ2v) is 21.5. The van der Waals surface area contributed by atoms with Crippen LogP contribution in [0.5, 0.6) is 40.2 Å². The number of hydrogen-bond acceptors (Lipinski definition) is 12. The van der Waals surface area contributed by atoms with E-state index in [0.29, 0.717) is 72.0 Å². The molecule has 7 aromatic rings. The zero-order valence-corrected chi connectivity index (χ0v) is 46.5. The number of phenols is 5. The third-order valence-electron chi connectivity index (χ3n) is 15.9. The number of allylic oxidation sites excluding steroid dienone is 2. The highest BCUT2D eigenvalue weighted by atomic mass is 19.4. The molecular weight excluding hydrogens is 1220 g/mol. The van der Waals surface area contributed by atoms with Gasteiger partial charge in [0.05, 0.1) is 34.6 Å². The van der Waals surface area contributed by atoms with Gasteiger partial charge >= 0.3 is 30.7 Å². The van der Waals surface area contributed by atoms with Crippen molar-refractivity contribution in [1.29, 1.82) is 0 Å². The smallest absolute Gasteiger partial charge is 0.411 e. The Labute approximate surface area is 501 Å². The topological polar surface area (TPSA) is 247 Å². The lowest BCUT2D eigenvalue weighted by atomic mass is 9.72. The van der Waals surface area contributed by atoms with Crippen LogP contribution in [0.2, 0.25) is 0 Å². The fraction of sp³-hybridized carbons (Fsp3) is 0.238. The van der Waals surface area contributed by atoms with E-state index in [4.69, 9.17) is 4.74 Å². The molecule has 15 nitrogen and oxygen atoms in total. The predicted octanol–water partition coefficient (Wildman–Crippen LogP) is 14.3. The van der Waals surface area contributed by atoms with Crippen molar-refractivity contribution in [2.45, 2.75) is 68.9 Å². The Morgan fingerprint density at radius 3 is 1.21 bits per heavy atom. The third-order valence-corrected chi connectivity index (χ3v) is 15.9. The Morgan fingerprint density at radius 2 is 0.833 bits per heavy atom. The molecule has 27 heteroatoms. The maximum Gasteiger partial charge on any atom is 0.411 e. The van der Waals surface area contributed by atoms with Crippen molar-refractivity contribution in [2.24, 2.45) is 23.7 Å². The van der Waals surface area contributed by atoms with Gasteiger partial charge in [0.1, 0.15) is 40.2 Å². The molecule has 7 aromatic carbocycles. The first-order valence-electron chi connectivity index (χ1n) is 26.9. The number of benzene rings is 7. The molecule has 0 aliphatic heterocycles.